The number of hydrogen-bond donors (Lipinski definition) is 2. The second-order valence-electron chi connectivity index (χ2n) is 6.19. The van der Waals surface area contributed by atoms with Gasteiger partial charge in [0.05, 0.1) is 22.3 Å². The lowest BCUT2D eigenvalue weighted by atomic mass is 9.75. The molecule has 1 aliphatic heterocycles. The van der Waals surface area contributed by atoms with Gasteiger partial charge in [-0.3, -0.25) is 0 Å². The molecule has 0 saturated carbocycles. The van der Waals surface area contributed by atoms with E-state index in [2.05, 4.69) is 39.5 Å². The van der Waals surface area contributed by atoms with Crippen LogP contribution < -0.4 is 5.32 Å². The number of aromatic carboxylic acids is 1. The summed E-state index contributed by atoms with van der Waals surface area (Å²) in [5.74, 6) is -0.584. The van der Waals surface area contributed by atoms with Crippen LogP contribution in [0.4, 0.5) is 5.69 Å². The Morgan fingerprint density at radius 3 is 2.79 bits per heavy atom. The molecule has 2 N–H and O–H groups in total. The fraction of sp³-hybridized carbons (Fsp3) is 0.211. The fourth-order valence-electron chi connectivity index (χ4n) is 3.90. The first-order chi connectivity index (χ1) is 11.6. The van der Waals surface area contributed by atoms with Crippen LogP contribution in [0.1, 0.15) is 39.9 Å². The molecule has 0 spiro atoms. The first-order valence-electron chi connectivity index (χ1n) is 7.81. The third-order valence-corrected chi connectivity index (χ3v) is 5.98. The van der Waals surface area contributed by atoms with Crippen molar-refractivity contribution in [3.63, 3.8) is 0 Å². The number of carboxylic acid groups (broad SMARTS) is 1. The molecule has 0 radical (unpaired) electrons. The molecule has 122 valence electrons. The SMILES string of the molecule is O=C(O)c1ccc(Cl)c2c1[C@@H]1C=CC[C@H]1[C@H](c1ccccc1Br)N2. The van der Waals surface area contributed by atoms with Gasteiger partial charge in [-0.1, -0.05) is 57.9 Å². The van der Waals surface area contributed by atoms with Crippen LogP contribution >= 0.6 is 27.5 Å². The van der Waals surface area contributed by atoms with Crippen LogP contribution in [0.3, 0.4) is 0 Å². The highest BCUT2D eigenvalue weighted by atomic mass is 79.9. The summed E-state index contributed by atoms with van der Waals surface area (Å²) in [6.45, 7) is 0. The Labute approximate surface area is 153 Å². The van der Waals surface area contributed by atoms with Crippen molar-refractivity contribution in [2.24, 2.45) is 5.92 Å². The Morgan fingerprint density at radius 2 is 2.04 bits per heavy atom. The van der Waals surface area contributed by atoms with Crippen LogP contribution in [-0.2, 0) is 0 Å². The van der Waals surface area contributed by atoms with Gasteiger partial charge in [0.1, 0.15) is 0 Å². The van der Waals surface area contributed by atoms with E-state index < -0.39 is 5.97 Å². The maximum Gasteiger partial charge on any atom is 0.336 e. The molecule has 24 heavy (non-hydrogen) atoms. The van der Waals surface area contributed by atoms with Gasteiger partial charge in [-0.15, -0.1) is 0 Å². The Bertz CT molecular complexity index is 864. The zero-order valence-electron chi connectivity index (χ0n) is 12.7. The predicted octanol–water partition coefficient (Wildman–Crippen LogP) is 5.63. The van der Waals surface area contributed by atoms with Crippen molar-refractivity contribution in [3.05, 3.63) is 74.7 Å². The minimum absolute atomic E-state index is 0.0585. The van der Waals surface area contributed by atoms with Gasteiger partial charge in [-0.25, -0.2) is 4.79 Å². The molecule has 0 fully saturated rings. The van der Waals surface area contributed by atoms with E-state index in [1.165, 1.54) is 5.56 Å². The van der Waals surface area contributed by atoms with Crippen LogP contribution in [0.25, 0.3) is 0 Å². The lowest BCUT2D eigenvalue weighted by molar-refractivity contribution is 0.0695. The number of benzene rings is 2. The van der Waals surface area contributed by atoms with E-state index >= 15 is 0 Å². The first kappa shape index (κ1) is 15.7. The highest BCUT2D eigenvalue weighted by Gasteiger charge is 2.41. The summed E-state index contributed by atoms with van der Waals surface area (Å²) in [6, 6.07) is 11.5. The van der Waals surface area contributed by atoms with E-state index in [9.17, 15) is 9.90 Å². The highest BCUT2D eigenvalue weighted by Crippen LogP contribution is 2.53. The lowest BCUT2D eigenvalue weighted by Crippen LogP contribution is -2.30. The number of nitrogens with one attached hydrogen (secondary N) is 1. The van der Waals surface area contributed by atoms with Crippen LogP contribution in [0, 0.1) is 5.92 Å². The van der Waals surface area contributed by atoms with E-state index in [0.717, 1.165) is 22.1 Å². The van der Waals surface area contributed by atoms with Crippen molar-refractivity contribution in [2.75, 3.05) is 5.32 Å². The number of carboxylic acids is 1. The number of hydrogen-bond acceptors (Lipinski definition) is 2. The average Bonchev–Trinajstić information content (AvgIpc) is 3.05. The summed E-state index contributed by atoms with van der Waals surface area (Å²) in [5, 5.41) is 13.7. The minimum atomic E-state index is -0.914. The van der Waals surface area contributed by atoms with Gasteiger partial charge in [0, 0.05) is 10.4 Å². The van der Waals surface area contributed by atoms with Crippen LogP contribution in [0.2, 0.25) is 5.02 Å². The first-order valence-corrected chi connectivity index (χ1v) is 8.98. The Hall–Kier alpha value is -1.78. The van der Waals surface area contributed by atoms with Crippen molar-refractivity contribution in [1.29, 1.82) is 0 Å². The lowest BCUT2D eigenvalue weighted by Gasteiger charge is -2.39. The largest absolute Gasteiger partial charge is 0.478 e. The van der Waals surface area contributed by atoms with Gasteiger partial charge < -0.3 is 10.4 Å². The van der Waals surface area contributed by atoms with E-state index in [0.29, 0.717) is 10.6 Å². The third kappa shape index (κ3) is 2.36. The van der Waals surface area contributed by atoms with Crippen molar-refractivity contribution in [1.82, 2.24) is 0 Å². The molecule has 0 saturated heterocycles. The number of allylic oxidation sites excluding steroid dienone is 2. The summed E-state index contributed by atoms with van der Waals surface area (Å²) in [7, 11) is 0. The maximum absolute atomic E-state index is 11.7. The molecule has 1 heterocycles. The fourth-order valence-corrected chi connectivity index (χ4v) is 4.65. The summed E-state index contributed by atoms with van der Waals surface area (Å²) < 4.78 is 1.04. The molecule has 3 nitrogen and oxygen atoms in total. The molecule has 2 aromatic carbocycles. The zero-order valence-corrected chi connectivity index (χ0v) is 15.0. The van der Waals surface area contributed by atoms with E-state index in [-0.39, 0.29) is 17.9 Å². The van der Waals surface area contributed by atoms with Crippen molar-refractivity contribution < 1.29 is 9.90 Å². The molecule has 0 bridgehead atoms. The van der Waals surface area contributed by atoms with Crippen molar-refractivity contribution in [3.8, 4) is 0 Å². The second-order valence-corrected chi connectivity index (χ2v) is 7.45. The standard InChI is InChI=1S/C19H15BrClNO2/c20-14-7-2-1-4-12(14)17-11-6-3-5-10(11)16-13(19(23)24)8-9-15(21)18(16)22-17/h1-5,7-11,17,22H,6H2,(H,23,24)/t10-,11-,17-/m1/s1. The van der Waals surface area contributed by atoms with Crippen LogP contribution in [-0.4, -0.2) is 11.1 Å². The van der Waals surface area contributed by atoms with Crippen molar-refractivity contribution >= 4 is 39.2 Å². The minimum Gasteiger partial charge on any atom is -0.478 e. The third-order valence-electron chi connectivity index (χ3n) is 4.94. The Balaban J connectivity index is 1.90. The average molecular weight is 405 g/mol. The monoisotopic (exact) mass is 403 g/mol. The normalized spacial score (nSPS) is 24.2. The van der Waals surface area contributed by atoms with Gasteiger partial charge in [-0.2, -0.15) is 0 Å². The van der Waals surface area contributed by atoms with E-state index in [4.69, 9.17) is 11.6 Å². The molecule has 0 amide bonds. The molecule has 5 heteroatoms. The maximum atomic E-state index is 11.7. The van der Waals surface area contributed by atoms with Gasteiger partial charge in [0.25, 0.3) is 0 Å². The summed E-state index contributed by atoms with van der Waals surface area (Å²) in [6.07, 6.45) is 5.17. The molecule has 2 aliphatic rings. The van der Waals surface area contributed by atoms with Gasteiger partial charge in [0.2, 0.25) is 0 Å². The Morgan fingerprint density at radius 1 is 1.25 bits per heavy atom. The van der Waals surface area contributed by atoms with Crippen LogP contribution in [0.5, 0.6) is 0 Å². The summed E-state index contributed by atoms with van der Waals surface area (Å²) >= 11 is 10.0. The molecule has 0 unspecified atom stereocenters. The van der Waals surface area contributed by atoms with Gasteiger partial charge >= 0.3 is 5.97 Å². The summed E-state index contributed by atoms with van der Waals surface area (Å²) in [5.41, 5.74) is 3.04. The molecule has 1 aliphatic carbocycles. The van der Waals surface area contributed by atoms with E-state index in [1.807, 2.05) is 18.2 Å². The number of rotatable bonds is 2. The predicted molar refractivity (Wildman–Crippen MR) is 98.9 cm³/mol. The second kappa shape index (κ2) is 5.94. The van der Waals surface area contributed by atoms with Gasteiger partial charge in [0.15, 0.2) is 0 Å². The molecule has 4 rings (SSSR count). The molecule has 0 aromatic heterocycles. The van der Waals surface area contributed by atoms with Crippen molar-refractivity contribution in [2.45, 2.75) is 18.4 Å². The topological polar surface area (TPSA) is 49.3 Å². The smallest absolute Gasteiger partial charge is 0.336 e. The highest BCUT2D eigenvalue weighted by molar-refractivity contribution is 9.10. The summed E-state index contributed by atoms with van der Waals surface area (Å²) in [4.78, 5) is 11.7. The number of fused-ring (bicyclic) bond motifs is 3. The molecule has 3 atom stereocenters. The number of carbonyl (C=O) groups is 1. The Kier molecular flexibility index (Phi) is 3.89. The van der Waals surface area contributed by atoms with Crippen LogP contribution in [0.15, 0.2) is 53.0 Å². The number of anilines is 1. The zero-order chi connectivity index (χ0) is 16.8. The van der Waals surface area contributed by atoms with E-state index in [1.54, 1.807) is 12.1 Å². The quantitative estimate of drug-likeness (QED) is 0.638. The van der Waals surface area contributed by atoms with Gasteiger partial charge in [-0.05, 0) is 41.7 Å². The molecular weight excluding hydrogens is 390 g/mol. The molecular formula is C19H15BrClNO2. The molecule has 2 aromatic rings. The number of halogens is 2.